The third kappa shape index (κ3) is 11.2. The molecule has 0 amide bonds. The van der Waals surface area contributed by atoms with Gasteiger partial charge in [-0.05, 0) is 75.6 Å². The molecule has 1 radical (unpaired) electrons. The Kier molecular flexibility index (Phi) is 16.4. The van der Waals surface area contributed by atoms with Gasteiger partial charge in [0.05, 0.1) is 25.7 Å². The van der Waals surface area contributed by atoms with Crippen molar-refractivity contribution in [2.24, 2.45) is 0 Å². The number of aryl methyl sites for hydroxylation is 2. The van der Waals surface area contributed by atoms with E-state index >= 15 is 4.89 Å². The molecule has 2 aromatic heterocycles. The quantitative estimate of drug-likeness (QED) is 0.0302. The second-order valence-electron chi connectivity index (χ2n) is 17.1. The van der Waals surface area contributed by atoms with Gasteiger partial charge in [0.1, 0.15) is 80.2 Å². The summed E-state index contributed by atoms with van der Waals surface area (Å²) in [5, 5.41) is 0. The molecule has 0 aliphatic carbocycles. The molecule has 0 bridgehead atoms. The normalized spacial score (nSPS) is 21.3. The molecule has 7 rings (SSSR count). The summed E-state index contributed by atoms with van der Waals surface area (Å²) in [4.78, 5) is 83.7. The van der Waals surface area contributed by atoms with Crippen LogP contribution in [0.15, 0.2) is 110 Å². The van der Waals surface area contributed by atoms with Crippen LogP contribution in [0.2, 0.25) is 0 Å². The number of benzene rings is 3. The maximum absolute atomic E-state index is 15.6. The van der Waals surface area contributed by atoms with Crippen LogP contribution in [0.4, 0.5) is 0 Å². The minimum absolute atomic E-state index is 0.0135. The number of nitrogens with one attached hydrogen (secondary N) is 2. The Morgan fingerprint density at radius 1 is 0.700 bits per heavy atom. The molecule has 21 heteroatoms. The van der Waals surface area contributed by atoms with Gasteiger partial charge < -0.3 is 28.4 Å². The van der Waals surface area contributed by atoms with Crippen LogP contribution in [-0.4, -0.2) is 101 Å². The highest BCUT2D eigenvalue weighted by Gasteiger charge is 2.62. The molecule has 0 spiro atoms. The summed E-state index contributed by atoms with van der Waals surface area (Å²) < 4.78 is 58.4. The molecule has 2 fully saturated rings. The van der Waals surface area contributed by atoms with Crippen molar-refractivity contribution in [1.29, 1.82) is 0 Å². The van der Waals surface area contributed by atoms with E-state index in [9.17, 15) is 24.0 Å². The summed E-state index contributed by atoms with van der Waals surface area (Å²) in [6.45, 7) is 10.2. The van der Waals surface area contributed by atoms with Gasteiger partial charge in [-0.3, -0.25) is 33.5 Å². The number of rotatable bonds is 21. The minimum atomic E-state index is -4.78. The smallest absolute Gasteiger partial charge is 0.497 e. The first-order chi connectivity index (χ1) is 33.5. The van der Waals surface area contributed by atoms with Crippen LogP contribution in [0, 0.1) is 13.8 Å². The van der Waals surface area contributed by atoms with Gasteiger partial charge in [-0.15, -0.1) is 13.7 Å². The lowest BCUT2D eigenvalue weighted by Crippen LogP contribution is -2.48. The maximum Gasteiger partial charge on any atom is 0.666 e. The Morgan fingerprint density at radius 3 is 1.61 bits per heavy atom. The number of esters is 1. The van der Waals surface area contributed by atoms with E-state index in [1.54, 1.807) is 21.1 Å². The standard InChI is InChI=1S/C49H60N5O15P/c1-9-54(10-2,11-3)69-70(60,64-30-42-39(65-33(6)55)25-43(67-42)52-27-31(4)45(56)50-47(52)58)68-40-26-44(53-28-32(5)46(57)51-48(53)59)66-41(40)29-63-49(34-15-13-12-14-16-34,35-17-21-37(61-7)22-18-35)36-19-23-38(62-8)24-20-36/h12-24,27-28,39-44H,9-11,25-26,29-30H2,1-8H3,(H-,50,51,56,57,58,59)/q+1/p+1/t39-,40-,41+,42+,43+,44+,70?/m0/s1. The molecule has 0 saturated carbocycles. The molecule has 7 atom stereocenters. The number of ether oxygens (including phenoxy) is 6. The van der Waals surface area contributed by atoms with E-state index in [1.165, 1.54) is 35.4 Å². The topological polar surface area (TPSA) is 230 Å². The highest BCUT2D eigenvalue weighted by molar-refractivity contribution is 7.55. The highest BCUT2D eigenvalue weighted by Crippen LogP contribution is 2.64. The van der Waals surface area contributed by atoms with Crippen LogP contribution >= 0.6 is 8.17 Å². The lowest BCUT2D eigenvalue weighted by atomic mass is 9.80. The van der Waals surface area contributed by atoms with E-state index in [4.69, 9.17) is 42.1 Å². The van der Waals surface area contributed by atoms with E-state index in [-0.39, 0.29) is 35.2 Å². The third-order valence-electron chi connectivity index (χ3n) is 12.9. The zero-order chi connectivity index (χ0) is 50.4. The molecule has 4 heterocycles. The Morgan fingerprint density at radius 2 is 1.16 bits per heavy atom. The Bertz CT molecular complexity index is 2760. The fourth-order valence-corrected chi connectivity index (χ4v) is 10.6. The first-order valence-corrected chi connectivity index (χ1v) is 24.6. The molecule has 5 aromatic rings. The fourth-order valence-electron chi connectivity index (χ4n) is 8.83. The third-order valence-corrected chi connectivity index (χ3v) is 14.4. The van der Waals surface area contributed by atoms with Gasteiger partial charge in [0.25, 0.3) is 11.1 Å². The van der Waals surface area contributed by atoms with Gasteiger partial charge in [0.15, 0.2) is 0 Å². The van der Waals surface area contributed by atoms with Gasteiger partial charge >= 0.3 is 25.5 Å². The van der Waals surface area contributed by atoms with E-state index in [0.29, 0.717) is 42.3 Å². The van der Waals surface area contributed by atoms with E-state index in [1.807, 2.05) is 99.6 Å². The van der Waals surface area contributed by atoms with Crippen molar-refractivity contribution in [3.05, 3.63) is 161 Å². The SMILES string of the molecule is CC[N+](CC)(CC)O[P+]([O])(OC[C@H]1O[C@@H](n2cc(C)c(=O)[nH]c2=O)C[C@@H]1OC(C)=O)O[C@H]1C[C@H](n2cc(C)c(=O)[nH]c2=O)O[C@@H]1COC(c1ccccc1)(c1ccc(OC)cc1)c1ccc(OC)cc1. The first kappa shape index (κ1) is 52.0. The zero-order valence-electron chi connectivity index (χ0n) is 40.5. The van der Waals surface area contributed by atoms with Crippen LogP contribution in [0.3, 0.4) is 0 Å². The monoisotopic (exact) mass is 990 g/mol. The summed E-state index contributed by atoms with van der Waals surface area (Å²) in [5.74, 6) is 0.596. The predicted molar refractivity (Wildman–Crippen MR) is 254 cm³/mol. The second-order valence-corrected chi connectivity index (χ2v) is 18.7. The minimum Gasteiger partial charge on any atom is -0.497 e. The molecule has 70 heavy (non-hydrogen) atoms. The number of quaternary nitrogens is 1. The molecular formula is C49H61N5O15P+2. The lowest BCUT2D eigenvalue weighted by Gasteiger charge is -2.37. The van der Waals surface area contributed by atoms with Crippen molar-refractivity contribution in [2.75, 3.05) is 47.1 Å². The summed E-state index contributed by atoms with van der Waals surface area (Å²) in [6.07, 6.45) is -3.83. The summed E-state index contributed by atoms with van der Waals surface area (Å²) in [5.41, 5.74) is -1.29. The van der Waals surface area contributed by atoms with Crippen molar-refractivity contribution in [2.45, 2.75) is 96.9 Å². The first-order valence-electron chi connectivity index (χ1n) is 23.1. The Labute approximate surface area is 404 Å². The molecule has 2 N–H and O–H groups in total. The van der Waals surface area contributed by atoms with Gasteiger partial charge in [-0.1, -0.05) is 54.6 Å². The molecule has 2 aliphatic heterocycles. The molecule has 1 unspecified atom stereocenters. The molecular weight excluding hydrogens is 930 g/mol. The van der Waals surface area contributed by atoms with Crippen LogP contribution in [0.5, 0.6) is 11.5 Å². The maximum atomic E-state index is 15.6. The molecule has 375 valence electrons. The largest absolute Gasteiger partial charge is 0.666 e. The Balaban J connectivity index is 1.29. The number of hydrogen-bond donors (Lipinski definition) is 2. The molecule has 20 nitrogen and oxygen atoms in total. The predicted octanol–water partition coefficient (Wildman–Crippen LogP) is 5.55. The van der Waals surface area contributed by atoms with Crippen LogP contribution < -0.4 is 32.0 Å². The van der Waals surface area contributed by atoms with Crippen molar-refractivity contribution in [3.8, 4) is 11.5 Å². The average molecular weight is 991 g/mol. The average Bonchev–Trinajstić information content (AvgIpc) is 3.95. The fraction of sp³-hybridized carbons (Fsp3) is 0.449. The van der Waals surface area contributed by atoms with Crippen molar-refractivity contribution >= 4 is 14.1 Å². The van der Waals surface area contributed by atoms with Gasteiger partial charge in [0, 0.05) is 47.9 Å². The summed E-state index contributed by atoms with van der Waals surface area (Å²) in [6, 6.07) is 24.4. The Hall–Kier alpha value is -5.80. The van der Waals surface area contributed by atoms with E-state index < -0.39 is 85.7 Å². The number of aromatic nitrogens is 4. The molecule has 2 aliphatic rings. The summed E-state index contributed by atoms with van der Waals surface area (Å²) in [7, 11) is -1.63. The van der Waals surface area contributed by atoms with Gasteiger partial charge in [-0.25, -0.2) is 9.59 Å². The molecule has 3 aromatic carbocycles. The number of methoxy groups -OCH3 is 2. The van der Waals surface area contributed by atoms with Crippen molar-refractivity contribution in [1.82, 2.24) is 19.1 Å². The highest BCUT2D eigenvalue weighted by atomic mass is 31.2. The lowest BCUT2D eigenvalue weighted by molar-refractivity contribution is -1.08. The number of nitrogens with zero attached hydrogens (tertiary/aromatic N) is 3. The summed E-state index contributed by atoms with van der Waals surface area (Å²) >= 11 is 0. The van der Waals surface area contributed by atoms with Crippen LogP contribution in [-0.2, 0) is 47.9 Å². The zero-order valence-corrected chi connectivity index (χ0v) is 41.4. The number of hydrogen-bond acceptors (Lipinski definition) is 14. The molecule has 2 saturated heterocycles. The van der Waals surface area contributed by atoms with Crippen molar-refractivity contribution < 1.29 is 56.4 Å². The van der Waals surface area contributed by atoms with Crippen LogP contribution in [0.1, 0.15) is 80.8 Å². The number of hydroxylamine groups is 3. The van der Waals surface area contributed by atoms with E-state index in [2.05, 4.69) is 9.97 Å². The number of carbonyl (C=O) groups is 1. The number of H-pyrrole nitrogens is 2. The van der Waals surface area contributed by atoms with Crippen molar-refractivity contribution in [3.63, 3.8) is 0 Å². The van der Waals surface area contributed by atoms with Crippen LogP contribution in [0.25, 0.3) is 0 Å². The van der Waals surface area contributed by atoms with Gasteiger partial charge in [-0.2, -0.15) is 0 Å². The number of aromatic amines is 2. The number of carbonyl (C=O) groups excluding carboxylic acids is 1. The van der Waals surface area contributed by atoms with E-state index in [0.717, 1.165) is 5.56 Å². The van der Waals surface area contributed by atoms with Gasteiger partial charge in [0.2, 0.25) is 0 Å². The second kappa shape index (κ2) is 22.1.